The molecule has 25 heavy (non-hydrogen) atoms. The van der Waals surface area contributed by atoms with Gasteiger partial charge in [-0.3, -0.25) is 9.59 Å². The van der Waals surface area contributed by atoms with Crippen LogP contribution in [0.1, 0.15) is 12.5 Å². The van der Waals surface area contributed by atoms with Crippen LogP contribution < -0.4 is 10.1 Å². The van der Waals surface area contributed by atoms with Gasteiger partial charge in [0.25, 0.3) is 0 Å². The van der Waals surface area contributed by atoms with E-state index in [0.717, 1.165) is 11.3 Å². The van der Waals surface area contributed by atoms with Crippen LogP contribution in [0.25, 0.3) is 0 Å². The first-order chi connectivity index (χ1) is 12.0. The Morgan fingerprint density at radius 1 is 1.16 bits per heavy atom. The number of hydrogen-bond donors (Lipinski definition) is 1. The number of carbonyl (C=O) groups is 2. The maximum Gasteiger partial charge on any atom is 0.243 e. The maximum atomic E-state index is 13.2. The van der Waals surface area contributed by atoms with Gasteiger partial charge in [-0.05, 0) is 36.2 Å². The fraction of sp³-hybridized carbons (Fsp3) is 0.263. The number of halogens is 1. The molecule has 6 heteroatoms. The third-order valence-corrected chi connectivity index (χ3v) is 3.73. The number of anilines is 1. The Bertz CT molecular complexity index is 749. The van der Waals surface area contributed by atoms with E-state index in [0.29, 0.717) is 18.7 Å². The lowest BCUT2D eigenvalue weighted by molar-refractivity contribution is -0.132. The summed E-state index contributed by atoms with van der Waals surface area (Å²) in [6, 6.07) is 13.2. The molecule has 0 heterocycles. The molecule has 0 saturated carbocycles. The van der Waals surface area contributed by atoms with Crippen LogP contribution in [0.3, 0.4) is 0 Å². The fourth-order valence-electron chi connectivity index (χ4n) is 2.45. The number of hydrogen-bond acceptors (Lipinski definition) is 3. The Morgan fingerprint density at radius 3 is 2.60 bits per heavy atom. The Morgan fingerprint density at radius 2 is 1.92 bits per heavy atom. The second-order valence-corrected chi connectivity index (χ2v) is 5.56. The summed E-state index contributed by atoms with van der Waals surface area (Å²) in [5.74, 6) is -0.266. The summed E-state index contributed by atoms with van der Waals surface area (Å²) in [4.78, 5) is 25.4. The van der Waals surface area contributed by atoms with Crippen molar-refractivity contribution in [3.63, 3.8) is 0 Å². The fourth-order valence-corrected chi connectivity index (χ4v) is 2.45. The molecule has 0 atom stereocenters. The van der Waals surface area contributed by atoms with Crippen LogP contribution in [0.4, 0.5) is 10.1 Å². The molecule has 0 spiro atoms. The van der Waals surface area contributed by atoms with Gasteiger partial charge in [0.05, 0.1) is 13.7 Å². The van der Waals surface area contributed by atoms with Gasteiger partial charge in [0.15, 0.2) is 0 Å². The molecule has 0 saturated heterocycles. The van der Waals surface area contributed by atoms with E-state index >= 15 is 0 Å². The van der Waals surface area contributed by atoms with Crippen LogP contribution in [0.2, 0.25) is 0 Å². The van der Waals surface area contributed by atoms with E-state index in [2.05, 4.69) is 5.32 Å². The molecule has 0 bridgehead atoms. The first-order valence-corrected chi connectivity index (χ1v) is 7.92. The Kier molecular flexibility index (Phi) is 6.51. The van der Waals surface area contributed by atoms with E-state index in [1.54, 1.807) is 13.2 Å². The SMILES string of the molecule is COc1ccccc1CCN(CC(=O)Nc1cccc(F)c1)C(C)=O. The summed E-state index contributed by atoms with van der Waals surface area (Å²) in [5, 5.41) is 2.59. The van der Waals surface area contributed by atoms with Gasteiger partial charge < -0.3 is 15.0 Å². The number of amides is 2. The summed E-state index contributed by atoms with van der Waals surface area (Å²) in [6.45, 7) is 1.70. The second-order valence-electron chi connectivity index (χ2n) is 5.56. The highest BCUT2D eigenvalue weighted by Gasteiger charge is 2.15. The van der Waals surface area contributed by atoms with Gasteiger partial charge in [-0.25, -0.2) is 4.39 Å². The molecule has 0 aliphatic carbocycles. The van der Waals surface area contributed by atoms with E-state index in [1.165, 1.54) is 30.0 Å². The predicted molar refractivity (Wildman–Crippen MR) is 94.0 cm³/mol. The molecule has 0 fully saturated rings. The molecule has 2 rings (SSSR count). The van der Waals surface area contributed by atoms with Gasteiger partial charge in [0.2, 0.25) is 11.8 Å². The zero-order valence-electron chi connectivity index (χ0n) is 14.3. The number of nitrogens with one attached hydrogen (secondary N) is 1. The van der Waals surface area contributed by atoms with Crippen molar-refractivity contribution >= 4 is 17.5 Å². The number of nitrogens with zero attached hydrogens (tertiary/aromatic N) is 1. The molecule has 1 N–H and O–H groups in total. The van der Waals surface area contributed by atoms with Gasteiger partial charge in [-0.1, -0.05) is 24.3 Å². The average molecular weight is 344 g/mol. The van der Waals surface area contributed by atoms with E-state index in [4.69, 9.17) is 4.74 Å². The zero-order chi connectivity index (χ0) is 18.2. The Labute approximate surface area is 146 Å². The van der Waals surface area contributed by atoms with Crippen molar-refractivity contribution in [3.05, 3.63) is 59.9 Å². The number of methoxy groups -OCH3 is 1. The molecular formula is C19H21FN2O3. The first-order valence-electron chi connectivity index (χ1n) is 7.92. The topological polar surface area (TPSA) is 58.6 Å². The summed E-state index contributed by atoms with van der Waals surface area (Å²) in [6.07, 6.45) is 0.566. The lowest BCUT2D eigenvalue weighted by Crippen LogP contribution is -2.38. The van der Waals surface area contributed by atoms with Crippen molar-refractivity contribution in [2.45, 2.75) is 13.3 Å². The normalized spacial score (nSPS) is 10.2. The quantitative estimate of drug-likeness (QED) is 0.840. The molecule has 132 valence electrons. The van der Waals surface area contributed by atoms with E-state index in [1.807, 2.05) is 24.3 Å². The molecular weight excluding hydrogens is 323 g/mol. The molecule has 2 aromatic rings. The smallest absolute Gasteiger partial charge is 0.243 e. The minimum atomic E-state index is -0.433. The molecule has 0 unspecified atom stereocenters. The lowest BCUT2D eigenvalue weighted by atomic mass is 10.1. The molecule has 2 aromatic carbocycles. The van der Waals surface area contributed by atoms with E-state index in [9.17, 15) is 14.0 Å². The third kappa shape index (κ3) is 5.60. The summed E-state index contributed by atoms with van der Waals surface area (Å²) < 4.78 is 18.5. The number of carbonyl (C=O) groups excluding carboxylic acids is 2. The van der Waals surface area contributed by atoms with Crippen molar-refractivity contribution in [2.75, 3.05) is 25.5 Å². The minimum absolute atomic E-state index is 0.0962. The van der Waals surface area contributed by atoms with Gasteiger partial charge in [-0.2, -0.15) is 0 Å². The average Bonchev–Trinajstić information content (AvgIpc) is 2.58. The number of para-hydroxylation sites is 1. The van der Waals surface area contributed by atoms with Crippen molar-refractivity contribution in [1.82, 2.24) is 4.90 Å². The summed E-state index contributed by atoms with van der Waals surface area (Å²) in [5.41, 5.74) is 1.32. The highest BCUT2D eigenvalue weighted by Crippen LogP contribution is 2.18. The number of ether oxygens (including phenoxy) is 1. The van der Waals surface area contributed by atoms with Crippen LogP contribution in [0.15, 0.2) is 48.5 Å². The van der Waals surface area contributed by atoms with Gasteiger partial charge in [0.1, 0.15) is 11.6 Å². The van der Waals surface area contributed by atoms with Gasteiger partial charge in [-0.15, -0.1) is 0 Å². The summed E-state index contributed by atoms with van der Waals surface area (Å²) >= 11 is 0. The van der Waals surface area contributed by atoms with Crippen LogP contribution in [-0.2, 0) is 16.0 Å². The zero-order valence-corrected chi connectivity index (χ0v) is 14.3. The highest BCUT2D eigenvalue weighted by molar-refractivity contribution is 5.94. The molecule has 5 nitrogen and oxygen atoms in total. The molecule has 2 amide bonds. The first kappa shape index (κ1) is 18.4. The molecule has 0 radical (unpaired) electrons. The minimum Gasteiger partial charge on any atom is -0.496 e. The second kappa shape index (κ2) is 8.82. The van der Waals surface area contributed by atoms with Crippen molar-refractivity contribution in [2.24, 2.45) is 0 Å². The predicted octanol–water partition coefficient (Wildman–Crippen LogP) is 2.86. The molecule has 0 aliphatic heterocycles. The van der Waals surface area contributed by atoms with Crippen LogP contribution >= 0.6 is 0 Å². The third-order valence-electron chi connectivity index (χ3n) is 3.73. The Balaban J connectivity index is 1.96. The highest BCUT2D eigenvalue weighted by atomic mass is 19.1. The van der Waals surface area contributed by atoms with E-state index in [-0.39, 0.29) is 18.4 Å². The van der Waals surface area contributed by atoms with Crippen molar-refractivity contribution in [3.8, 4) is 5.75 Å². The van der Waals surface area contributed by atoms with Crippen molar-refractivity contribution < 1.29 is 18.7 Å². The lowest BCUT2D eigenvalue weighted by Gasteiger charge is -2.21. The molecule has 0 aliphatic rings. The monoisotopic (exact) mass is 344 g/mol. The number of benzene rings is 2. The standard InChI is InChI=1S/C19H21FN2O3/c1-14(23)22(11-10-15-6-3-4-9-18(15)25-2)13-19(24)21-17-8-5-7-16(20)12-17/h3-9,12H,10-11,13H2,1-2H3,(H,21,24). The summed E-state index contributed by atoms with van der Waals surface area (Å²) in [7, 11) is 1.59. The Hall–Kier alpha value is -2.89. The molecule has 0 aromatic heterocycles. The van der Waals surface area contributed by atoms with E-state index < -0.39 is 5.82 Å². The van der Waals surface area contributed by atoms with Gasteiger partial charge in [0, 0.05) is 19.2 Å². The van der Waals surface area contributed by atoms with Crippen LogP contribution in [0.5, 0.6) is 5.75 Å². The van der Waals surface area contributed by atoms with Gasteiger partial charge >= 0.3 is 0 Å². The van der Waals surface area contributed by atoms with Crippen LogP contribution in [0, 0.1) is 5.82 Å². The van der Waals surface area contributed by atoms with Crippen LogP contribution in [-0.4, -0.2) is 36.9 Å². The van der Waals surface area contributed by atoms with Crippen molar-refractivity contribution in [1.29, 1.82) is 0 Å². The maximum absolute atomic E-state index is 13.2. The largest absolute Gasteiger partial charge is 0.496 e. The number of rotatable bonds is 7.